The molecule has 1 aliphatic heterocycles. The summed E-state index contributed by atoms with van der Waals surface area (Å²) in [5, 5.41) is 52.7. The van der Waals surface area contributed by atoms with E-state index in [1.54, 1.807) is 7.11 Å². The number of rotatable bonds is 18. The van der Waals surface area contributed by atoms with Crippen molar-refractivity contribution < 1.29 is 37.0 Å². The number of aromatic nitrogens is 8. The van der Waals surface area contributed by atoms with Crippen molar-refractivity contribution in [2.75, 3.05) is 93.5 Å². The fraction of sp³-hybridized carbons (Fsp3) is 0.205. The van der Waals surface area contributed by atoms with Gasteiger partial charge < -0.3 is 61.4 Å². The first-order valence-electron chi connectivity index (χ1n) is 35.1. The van der Waals surface area contributed by atoms with Gasteiger partial charge in [-0.2, -0.15) is 19.7 Å². The van der Waals surface area contributed by atoms with Crippen LogP contribution >= 0.6 is 0 Å². The highest BCUT2D eigenvalue weighted by atomic mass is 16.5. The van der Waals surface area contributed by atoms with Crippen molar-refractivity contribution in [3.63, 3.8) is 0 Å². The van der Waals surface area contributed by atoms with Crippen molar-refractivity contribution in [3.05, 3.63) is 315 Å². The highest BCUT2D eigenvalue weighted by Crippen LogP contribution is 2.25. The maximum atomic E-state index is 5.68. The first-order chi connectivity index (χ1) is 53.0. The summed E-state index contributed by atoms with van der Waals surface area (Å²) in [5.41, 5.74) is 24.5. The van der Waals surface area contributed by atoms with E-state index in [-0.39, 0.29) is 44.6 Å². The van der Waals surface area contributed by atoms with Crippen LogP contribution < -0.4 is 69.5 Å². The number of hydrazone groups is 2. The second-order valence-corrected chi connectivity index (χ2v) is 25.5. The van der Waals surface area contributed by atoms with Crippen molar-refractivity contribution in [2.45, 2.75) is 14.9 Å². The minimum absolute atomic E-state index is 0. The number of para-hydroxylation sites is 1. The van der Waals surface area contributed by atoms with Gasteiger partial charge in [0.1, 0.15) is 60.1 Å². The lowest BCUT2D eigenvalue weighted by molar-refractivity contribution is -0.735. The zero-order valence-electron chi connectivity index (χ0n) is 69.5. The lowest BCUT2D eigenvalue weighted by Gasteiger charge is -2.12. The standard InChI is InChI=1S/C17H18N6.C15H18N3O.C14H16N3.C13H18N5.C12H15N5.C11H13N5.2CH4.4CH3/c1-22-11-12-23(2)17(22)21-20-16-9-7-15(8-10-16)19-14-5-3-13(18)4-6-14;1-17-10-8-13(9-11-17)12-16-18(2)14-4-6-15(19-3)7-5-14;1-16-10-8-13(9-11-16)12-15-17(2)14-6-4-3-5-7-14;1-16(2)12-7-5-11(6-8-12)14-15-13-17(3)9-10-18(13)4;1-13-10-4-6-11(7-5-10)14-15-12-16(2)8-9-17(12)3;1-15-7-8-16(2)11(15)14-13-10-5-3-9(12)4-6-10;;;;;;/h3-12H,1-2H3,(H2,18,20);4-12H,1-3H3;3-12H,1-2H3;5-10H,1-4H3;4-9H,1-3H3;3-8,12H,1-2H3;2*1H4;4*1H3/q;3*+1;;;;;4*-1/p+4. The minimum atomic E-state index is 0. The van der Waals surface area contributed by atoms with Crippen LogP contribution in [0.15, 0.2) is 326 Å². The van der Waals surface area contributed by atoms with E-state index in [0.717, 1.165) is 114 Å². The predicted octanol–water partition coefficient (Wildman–Crippen LogP) is 15.6. The molecule has 0 bridgehead atoms. The molecule has 13 rings (SSSR count). The van der Waals surface area contributed by atoms with Gasteiger partial charge >= 0.3 is 23.8 Å². The van der Waals surface area contributed by atoms with Crippen LogP contribution in [0.5, 0.6) is 5.75 Å². The van der Waals surface area contributed by atoms with Crippen molar-refractivity contribution in [2.24, 2.45) is 107 Å². The molecule has 0 radical (unpaired) electrons. The third-order valence-electron chi connectivity index (χ3n) is 16.5. The number of methoxy groups -OCH3 is 1. The molecule has 0 saturated heterocycles. The highest BCUT2D eigenvalue weighted by molar-refractivity contribution is 5.80. The summed E-state index contributed by atoms with van der Waals surface area (Å²) in [6.07, 6.45) is 27.3. The van der Waals surface area contributed by atoms with Crippen LogP contribution in [0.1, 0.15) is 26.0 Å². The Kier molecular flexibility index (Phi) is 42.3. The number of hydrogen-bond donors (Lipinski definition) is 5. The topological polar surface area (TPSA) is 260 Å². The molecule has 28 heteroatoms. The number of aryl methyl sites for hydroxylation is 8. The number of hydrogen-bond acceptors (Lipinski definition) is 18. The largest absolute Gasteiger partial charge is 0.524 e. The summed E-state index contributed by atoms with van der Waals surface area (Å²) in [4.78, 5) is 3.17. The Morgan fingerprint density at radius 2 is 0.750 bits per heavy atom. The van der Waals surface area contributed by atoms with E-state index >= 15 is 0 Å². The number of pyridine rings is 2. The van der Waals surface area contributed by atoms with E-state index in [1.165, 1.54) is 0 Å². The molecule has 7 aromatic carbocycles. The number of anilines is 8. The van der Waals surface area contributed by atoms with Crippen molar-refractivity contribution >= 4 is 104 Å². The Morgan fingerprint density at radius 1 is 0.414 bits per heavy atom. The molecule has 1 atom stereocenters. The Balaban J connectivity index is 0.000000469. The molecule has 0 amide bonds. The monoisotopic (exact) mass is 1570 g/mol. The average Bonchev–Trinajstić information content (AvgIpc) is 1.89. The fourth-order valence-electron chi connectivity index (χ4n) is 9.85. The fourth-order valence-corrected chi connectivity index (χ4v) is 9.85. The van der Waals surface area contributed by atoms with E-state index in [0.29, 0.717) is 0 Å². The Hall–Kier alpha value is -14.0. The molecule has 5 aromatic heterocycles. The van der Waals surface area contributed by atoms with Crippen molar-refractivity contribution in [1.29, 1.82) is 0 Å². The van der Waals surface area contributed by atoms with Gasteiger partial charge in [0.2, 0.25) is 0 Å². The van der Waals surface area contributed by atoms with Gasteiger partial charge in [-0.05, 0) is 163 Å². The van der Waals surface area contributed by atoms with E-state index in [2.05, 4.69) is 66.7 Å². The summed E-state index contributed by atoms with van der Waals surface area (Å²) in [5.74, 6) is 4.12. The first-order valence-corrected chi connectivity index (χ1v) is 35.1. The smallest absolute Gasteiger partial charge is 0.497 e. The van der Waals surface area contributed by atoms with E-state index < -0.39 is 0 Å². The third kappa shape index (κ3) is 31.6. The number of ether oxygens (including phenoxy) is 1. The Bertz CT molecular complexity index is 4990. The number of guanidine groups is 1. The van der Waals surface area contributed by atoms with Crippen LogP contribution in [-0.4, -0.2) is 93.1 Å². The molecule has 6 heterocycles. The lowest BCUT2D eigenvalue weighted by Crippen LogP contribution is -3.06. The van der Waals surface area contributed by atoms with Gasteiger partial charge in [0.05, 0.1) is 124 Å². The van der Waals surface area contributed by atoms with Gasteiger partial charge in [0.25, 0.3) is 0 Å². The quantitative estimate of drug-likeness (QED) is 0.0137. The Morgan fingerprint density at radius 3 is 1.09 bits per heavy atom. The van der Waals surface area contributed by atoms with Crippen molar-refractivity contribution in [3.8, 4) is 5.75 Å². The normalized spacial score (nSPS) is 11.6. The number of benzene rings is 7. The summed E-state index contributed by atoms with van der Waals surface area (Å²) in [7, 11) is 31.0. The molecule has 0 aliphatic carbocycles. The van der Waals surface area contributed by atoms with Crippen LogP contribution in [0, 0.1) is 29.7 Å². The average molecular weight is 1570 g/mol. The number of nitrogens with zero attached hydrogens (tertiary/aromatic N) is 22. The van der Waals surface area contributed by atoms with Gasteiger partial charge in [-0.15, -0.1) is 0 Å². The number of imidazole rings is 3. The number of azo groups is 4. The second kappa shape index (κ2) is 50.1. The van der Waals surface area contributed by atoms with Gasteiger partial charge in [-0.1, -0.05) is 48.4 Å². The molecule has 612 valence electrons. The third-order valence-corrected chi connectivity index (χ3v) is 16.5. The number of nitrogen functional groups attached to an aromatic ring is 2. The van der Waals surface area contributed by atoms with Crippen LogP contribution in [0.3, 0.4) is 0 Å². The summed E-state index contributed by atoms with van der Waals surface area (Å²) in [6.45, 7) is 0. The molecule has 12 aromatic rings. The highest BCUT2D eigenvalue weighted by Gasteiger charge is 2.26. The molecule has 1 aliphatic rings. The predicted molar refractivity (Wildman–Crippen MR) is 478 cm³/mol. The lowest BCUT2D eigenvalue weighted by atomic mass is 10.2. The SMILES string of the molecule is C.C.CN(C)c1ccc(N=Nc2n(C)cc[n+]2C)cc1.CN(N=Cc1cc[n+](C)cc1)c1ccccc1.CNc1ccc(N=Nc2n(C)cc[n+]2C)cc1.COc1ccc(N(C)N=Cc2cc[n+](C)cc2)cc1.C[N+]1=C(N=Nc2ccc(N)cc2)[NH+](C)C=C1.Cn1cc[n+](C)c1N=Nc1ccc(Nc2ccc(N)cc2)cc1.[CH3-].[CH3-].[CH3-].[CH3-]. The molecular weight excluding hydrogens is 1450 g/mol. The summed E-state index contributed by atoms with van der Waals surface area (Å²) >= 11 is 0. The molecule has 1 unspecified atom stereocenters. The molecule has 0 spiro atoms. The van der Waals surface area contributed by atoms with Gasteiger partial charge in [-0.3, -0.25) is 10.0 Å². The van der Waals surface area contributed by atoms with E-state index in [9.17, 15) is 0 Å². The van der Waals surface area contributed by atoms with E-state index in [1.807, 2.05) is 444 Å². The van der Waals surface area contributed by atoms with E-state index in [4.69, 9.17) is 16.2 Å². The summed E-state index contributed by atoms with van der Waals surface area (Å²) < 4.78 is 22.6. The molecule has 7 N–H and O–H groups in total. The summed E-state index contributed by atoms with van der Waals surface area (Å²) in [6, 6.07) is 64.4. The maximum Gasteiger partial charge on any atom is 0.524 e. The number of nitrogens with one attached hydrogen (secondary N) is 3. The van der Waals surface area contributed by atoms with Crippen LogP contribution in [-0.2, 0) is 56.4 Å². The zero-order chi connectivity index (χ0) is 78.9. The number of quaternary nitrogens is 1. The molecule has 116 heavy (non-hydrogen) atoms. The Labute approximate surface area is 688 Å². The van der Waals surface area contributed by atoms with Crippen LogP contribution in [0.2, 0.25) is 0 Å². The zero-order valence-corrected chi connectivity index (χ0v) is 69.5. The minimum Gasteiger partial charge on any atom is -0.497 e. The van der Waals surface area contributed by atoms with Gasteiger partial charge in [0.15, 0.2) is 24.8 Å². The molecular formula is C88H122N27O+3. The van der Waals surface area contributed by atoms with Crippen molar-refractivity contribution in [1.82, 2.24) is 13.7 Å². The van der Waals surface area contributed by atoms with Crippen LogP contribution in [0.4, 0.5) is 86.1 Å². The molecule has 28 nitrogen and oxygen atoms in total. The van der Waals surface area contributed by atoms with Gasteiger partial charge in [-0.25, -0.2) is 36.5 Å². The van der Waals surface area contributed by atoms with Gasteiger partial charge in [0, 0.05) is 120 Å². The van der Waals surface area contributed by atoms with Crippen LogP contribution in [0.25, 0.3) is 0 Å². The molecule has 0 saturated carbocycles. The molecule has 0 fully saturated rings. The number of nitrogens with two attached hydrogens (primary N) is 2. The maximum absolute atomic E-state index is 5.68. The first kappa shape index (κ1) is 98.1. The second-order valence-electron chi connectivity index (χ2n) is 25.5.